The Labute approximate surface area is 144 Å². The number of fused-ring (bicyclic) bond motifs is 1. The second kappa shape index (κ2) is 7.62. The number of unbranched alkanes of at least 4 members (excludes halogenated alkanes) is 2. The van der Waals surface area contributed by atoms with Gasteiger partial charge in [-0.2, -0.15) is 0 Å². The van der Waals surface area contributed by atoms with Crippen molar-refractivity contribution in [3.05, 3.63) is 65.5 Å². The molecular weight excluding hydrogens is 325 g/mol. The van der Waals surface area contributed by atoms with Gasteiger partial charge in [-0.05, 0) is 55.0 Å². The molecule has 5 heteroatoms. The van der Waals surface area contributed by atoms with Crippen LogP contribution in [0.25, 0.3) is 0 Å². The Bertz CT molecular complexity index is 710. The number of thioether (sulfide) groups is 1. The zero-order chi connectivity index (χ0) is 16.9. The second-order valence-electron chi connectivity index (χ2n) is 5.67. The molecule has 0 spiro atoms. The summed E-state index contributed by atoms with van der Waals surface area (Å²) < 4.78 is 12.8. The first-order valence-electron chi connectivity index (χ1n) is 8.00. The Morgan fingerprint density at radius 1 is 0.833 bits per heavy atom. The van der Waals surface area contributed by atoms with Gasteiger partial charge >= 0.3 is 0 Å². The highest BCUT2D eigenvalue weighted by atomic mass is 32.2. The van der Waals surface area contributed by atoms with Gasteiger partial charge in [0, 0.05) is 11.4 Å². The van der Waals surface area contributed by atoms with E-state index in [1.807, 2.05) is 0 Å². The second-order valence-corrected chi connectivity index (χ2v) is 6.84. The first-order valence-corrected chi connectivity index (χ1v) is 8.99. The summed E-state index contributed by atoms with van der Waals surface area (Å²) in [6, 6.07) is 13.4. The SMILES string of the molecule is O=C1c2ccccc2C(=O)N1CCCCCSc1ccc(F)cc1. The molecule has 2 aromatic rings. The van der Waals surface area contributed by atoms with Gasteiger partial charge < -0.3 is 0 Å². The van der Waals surface area contributed by atoms with E-state index in [0.717, 1.165) is 29.9 Å². The average molecular weight is 343 g/mol. The van der Waals surface area contributed by atoms with Crippen LogP contribution in [0.15, 0.2) is 53.4 Å². The van der Waals surface area contributed by atoms with Crippen LogP contribution in [-0.2, 0) is 0 Å². The van der Waals surface area contributed by atoms with Crippen LogP contribution in [0.3, 0.4) is 0 Å². The highest BCUT2D eigenvalue weighted by Gasteiger charge is 2.34. The monoisotopic (exact) mass is 343 g/mol. The van der Waals surface area contributed by atoms with Crippen molar-refractivity contribution in [2.75, 3.05) is 12.3 Å². The predicted molar refractivity (Wildman–Crippen MR) is 92.8 cm³/mol. The smallest absolute Gasteiger partial charge is 0.261 e. The lowest BCUT2D eigenvalue weighted by molar-refractivity contribution is 0.0651. The molecule has 0 aromatic heterocycles. The number of imide groups is 1. The molecule has 0 radical (unpaired) electrons. The van der Waals surface area contributed by atoms with Crippen molar-refractivity contribution in [1.29, 1.82) is 0 Å². The van der Waals surface area contributed by atoms with Gasteiger partial charge in [-0.1, -0.05) is 18.6 Å². The van der Waals surface area contributed by atoms with E-state index >= 15 is 0 Å². The summed E-state index contributed by atoms with van der Waals surface area (Å²) in [4.78, 5) is 26.8. The number of benzene rings is 2. The van der Waals surface area contributed by atoms with Crippen molar-refractivity contribution in [2.24, 2.45) is 0 Å². The van der Waals surface area contributed by atoms with E-state index in [2.05, 4.69) is 0 Å². The molecule has 2 aromatic carbocycles. The van der Waals surface area contributed by atoms with Crippen LogP contribution >= 0.6 is 11.8 Å². The number of hydrogen-bond donors (Lipinski definition) is 0. The molecular formula is C19H18FNO2S. The fourth-order valence-electron chi connectivity index (χ4n) is 2.71. The first kappa shape index (κ1) is 16.7. The Morgan fingerprint density at radius 3 is 2.08 bits per heavy atom. The lowest BCUT2D eigenvalue weighted by atomic mass is 10.1. The van der Waals surface area contributed by atoms with E-state index in [0.29, 0.717) is 17.7 Å². The fourth-order valence-corrected chi connectivity index (χ4v) is 3.62. The van der Waals surface area contributed by atoms with E-state index in [1.54, 1.807) is 48.2 Å². The van der Waals surface area contributed by atoms with Crippen LogP contribution in [0.1, 0.15) is 40.0 Å². The van der Waals surface area contributed by atoms with Gasteiger partial charge in [0.25, 0.3) is 11.8 Å². The normalized spacial score (nSPS) is 13.5. The average Bonchev–Trinajstić information content (AvgIpc) is 2.84. The zero-order valence-electron chi connectivity index (χ0n) is 13.2. The topological polar surface area (TPSA) is 37.4 Å². The maximum Gasteiger partial charge on any atom is 0.261 e. The van der Waals surface area contributed by atoms with Crippen LogP contribution in [0, 0.1) is 5.82 Å². The summed E-state index contributed by atoms with van der Waals surface area (Å²) in [5, 5.41) is 0. The third-order valence-electron chi connectivity index (χ3n) is 3.99. The minimum atomic E-state index is -0.222. The Morgan fingerprint density at radius 2 is 1.46 bits per heavy atom. The maximum absolute atomic E-state index is 12.8. The van der Waals surface area contributed by atoms with Gasteiger partial charge in [0.1, 0.15) is 5.82 Å². The molecule has 0 atom stereocenters. The molecule has 0 saturated heterocycles. The van der Waals surface area contributed by atoms with E-state index in [1.165, 1.54) is 17.0 Å². The van der Waals surface area contributed by atoms with Crippen molar-refractivity contribution in [1.82, 2.24) is 4.90 Å². The van der Waals surface area contributed by atoms with Crippen LogP contribution in [0.2, 0.25) is 0 Å². The third kappa shape index (κ3) is 3.67. The molecule has 0 N–H and O–H groups in total. The van der Waals surface area contributed by atoms with Crippen molar-refractivity contribution < 1.29 is 14.0 Å². The maximum atomic E-state index is 12.8. The van der Waals surface area contributed by atoms with E-state index in [9.17, 15) is 14.0 Å². The van der Waals surface area contributed by atoms with Gasteiger partial charge in [0.2, 0.25) is 0 Å². The van der Waals surface area contributed by atoms with Crippen molar-refractivity contribution in [2.45, 2.75) is 24.2 Å². The first-order chi connectivity index (χ1) is 11.7. The molecule has 0 unspecified atom stereocenters. The van der Waals surface area contributed by atoms with Crippen LogP contribution in [0.5, 0.6) is 0 Å². The van der Waals surface area contributed by atoms with E-state index < -0.39 is 0 Å². The number of carbonyl (C=O) groups is 2. The van der Waals surface area contributed by atoms with Gasteiger partial charge in [-0.15, -0.1) is 11.8 Å². The fraction of sp³-hybridized carbons (Fsp3) is 0.263. The summed E-state index contributed by atoms with van der Waals surface area (Å²) >= 11 is 1.69. The van der Waals surface area contributed by atoms with Gasteiger partial charge in [-0.25, -0.2) is 4.39 Å². The number of amides is 2. The highest BCUT2D eigenvalue weighted by Crippen LogP contribution is 2.23. The van der Waals surface area contributed by atoms with Crippen LogP contribution < -0.4 is 0 Å². The summed E-state index contributed by atoms with van der Waals surface area (Å²) in [6.07, 6.45) is 2.74. The molecule has 2 amide bonds. The predicted octanol–water partition coefficient (Wildman–Crippen LogP) is 4.38. The molecule has 0 bridgehead atoms. The third-order valence-corrected chi connectivity index (χ3v) is 5.08. The number of rotatable bonds is 7. The van der Waals surface area contributed by atoms with Gasteiger partial charge in [0.05, 0.1) is 11.1 Å². The molecule has 1 heterocycles. The van der Waals surface area contributed by atoms with Gasteiger partial charge in [-0.3, -0.25) is 14.5 Å². The van der Waals surface area contributed by atoms with E-state index in [4.69, 9.17) is 0 Å². The minimum absolute atomic E-state index is 0.184. The lowest BCUT2D eigenvalue weighted by Crippen LogP contribution is -2.30. The molecule has 3 rings (SSSR count). The van der Waals surface area contributed by atoms with Gasteiger partial charge in [0.15, 0.2) is 0 Å². The highest BCUT2D eigenvalue weighted by molar-refractivity contribution is 7.99. The minimum Gasteiger partial charge on any atom is -0.274 e. The molecule has 1 aliphatic rings. The number of nitrogens with zero attached hydrogens (tertiary/aromatic N) is 1. The zero-order valence-corrected chi connectivity index (χ0v) is 14.0. The molecule has 1 aliphatic heterocycles. The van der Waals surface area contributed by atoms with Crippen LogP contribution in [0.4, 0.5) is 4.39 Å². The Hall–Kier alpha value is -2.14. The Kier molecular flexibility index (Phi) is 5.30. The summed E-state index contributed by atoms with van der Waals surface area (Å²) in [5.41, 5.74) is 1.02. The summed E-state index contributed by atoms with van der Waals surface area (Å²) in [7, 11) is 0. The molecule has 124 valence electrons. The molecule has 0 saturated carbocycles. The van der Waals surface area contributed by atoms with Crippen molar-refractivity contribution in [3.63, 3.8) is 0 Å². The molecule has 0 fully saturated rings. The van der Waals surface area contributed by atoms with Crippen LogP contribution in [-0.4, -0.2) is 29.0 Å². The number of carbonyl (C=O) groups excluding carboxylic acids is 2. The quantitative estimate of drug-likeness (QED) is 0.425. The summed E-state index contributed by atoms with van der Waals surface area (Å²) in [5.74, 6) is 0.348. The standard InChI is InChI=1S/C19H18FNO2S/c20-14-8-10-15(11-9-14)24-13-5-1-4-12-21-18(22)16-6-2-3-7-17(16)19(21)23/h2-3,6-11H,1,4-5,12-13H2. The summed E-state index contributed by atoms with van der Waals surface area (Å²) in [6.45, 7) is 0.466. The Balaban J connectivity index is 1.39. The molecule has 24 heavy (non-hydrogen) atoms. The molecule has 0 aliphatic carbocycles. The lowest BCUT2D eigenvalue weighted by Gasteiger charge is -2.13. The number of halogens is 1. The van der Waals surface area contributed by atoms with Crippen molar-refractivity contribution in [3.8, 4) is 0 Å². The van der Waals surface area contributed by atoms with Crippen molar-refractivity contribution >= 4 is 23.6 Å². The van der Waals surface area contributed by atoms with E-state index in [-0.39, 0.29) is 17.6 Å². The molecule has 3 nitrogen and oxygen atoms in total. The largest absolute Gasteiger partial charge is 0.274 e. The number of hydrogen-bond acceptors (Lipinski definition) is 3.